The summed E-state index contributed by atoms with van der Waals surface area (Å²) >= 11 is 0. The number of rotatable bonds is 8. The Morgan fingerprint density at radius 2 is 2.16 bits per heavy atom. The maximum atomic E-state index is 11.7. The molecule has 0 aromatic heterocycles. The SMILES string of the molecule is CCC1CCCC(CCOCCC(C)C)(C(=O)O)C1. The highest BCUT2D eigenvalue weighted by atomic mass is 16.5. The molecule has 1 N–H and O–H groups in total. The largest absolute Gasteiger partial charge is 0.481 e. The van der Waals surface area contributed by atoms with Gasteiger partial charge in [-0.2, -0.15) is 0 Å². The van der Waals surface area contributed by atoms with Gasteiger partial charge < -0.3 is 9.84 Å². The Balaban J connectivity index is 2.41. The Labute approximate surface area is 117 Å². The van der Waals surface area contributed by atoms with Crippen molar-refractivity contribution < 1.29 is 14.6 Å². The summed E-state index contributed by atoms with van der Waals surface area (Å²) in [7, 11) is 0. The molecule has 0 bridgehead atoms. The zero-order valence-electron chi connectivity index (χ0n) is 12.8. The summed E-state index contributed by atoms with van der Waals surface area (Å²) in [5.41, 5.74) is -0.517. The van der Waals surface area contributed by atoms with Crippen LogP contribution < -0.4 is 0 Å². The molecule has 3 heteroatoms. The Morgan fingerprint density at radius 1 is 1.42 bits per heavy atom. The minimum absolute atomic E-state index is 0.517. The van der Waals surface area contributed by atoms with Gasteiger partial charge in [0.1, 0.15) is 0 Å². The molecule has 1 aliphatic rings. The molecule has 2 atom stereocenters. The molecule has 0 aromatic rings. The number of hydrogen-bond donors (Lipinski definition) is 1. The fourth-order valence-corrected chi connectivity index (χ4v) is 3.05. The number of ether oxygens (including phenoxy) is 1. The fraction of sp³-hybridized carbons (Fsp3) is 0.938. The lowest BCUT2D eigenvalue weighted by Crippen LogP contribution is -2.37. The lowest BCUT2D eigenvalue weighted by Gasteiger charge is -2.37. The highest BCUT2D eigenvalue weighted by Gasteiger charge is 2.41. The summed E-state index contributed by atoms with van der Waals surface area (Å²) in [4.78, 5) is 11.7. The van der Waals surface area contributed by atoms with E-state index in [0.29, 0.717) is 24.9 Å². The van der Waals surface area contributed by atoms with E-state index in [1.807, 2.05) is 0 Å². The minimum Gasteiger partial charge on any atom is -0.481 e. The normalized spacial score (nSPS) is 27.7. The van der Waals surface area contributed by atoms with Crippen LogP contribution in [0.3, 0.4) is 0 Å². The summed E-state index contributed by atoms with van der Waals surface area (Å²) in [5, 5.41) is 9.59. The van der Waals surface area contributed by atoms with E-state index in [1.165, 1.54) is 6.42 Å². The van der Waals surface area contributed by atoms with Gasteiger partial charge in [-0.3, -0.25) is 4.79 Å². The Kier molecular flexibility index (Phi) is 6.84. The Hall–Kier alpha value is -0.570. The summed E-state index contributed by atoms with van der Waals surface area (Å²) in [5.74, 6) is 0.617. The lowest BCUT2D eigenvalue weighted by molar-refractivity contribution is -0.153. The first-order chi connectivity index (χ1) is 9.00. The predicted octanol–water partition coefficient (Wildman–Crippen LogP) is 4.11. The third-order valence-corrected chi connectivity index (χ3v) is 4.54. The van der Waals surface area contributed by atoms with Gasteiger partial charge in [0.15, 0.2) is 0 Å². The van der Waals surface area contributed by atoms with E-state index in [0.717, 1.165) is 38.7 Å². The van der Waals surface area contributed by atoms with Crippen molar-refractivity contribution in [1.29, 1.82) is 0 Å². The third-order valence-electron chi connectivity index (χ3n) is 4.54. The van der Waals surface area contributed by atoms with Crippen molar-refractivity contribution in [3.05, 3.63) is 0 Å². The molecule has 0 heterocycles. The van der Waals surface area contributed by atoms with Crippen molar-refractivity contribution in [2.75, 3.05) is 13.2 Å². The van der Waals surface area contributed by atoms with Crippen LogP contribution in [-0.2, 0) is 9.53 Å². The van der Waals surface area contributed by atoms with Crippen molar-refractivity contribution in [2.24, 2.45) is 17.3 Å². The van der Waals surface area contributed by atoms with Crippen molar-refractivity contribution in [3.63, 3.8) is 0 Å². The zero-order chi connectivity index (χ0) is 14.3. The van der Waals surface area contributed by atoms with Crippen LogP contribution in [0.15, 0.2) is 0 Å². The van der Waals surface area contributed by atoms with Crippen molar-refractivity contribution in [1.82, 2.24) is 0 Å². The van der Waals surface area contributed by atoms with Gasteiger partial charge >= 0.3 is 5.97 Å². The van der Waals surface area contributed by atoms with Gasteiger partial charge in [-0.15, -0.1) is 0 Å². The monoisotopic (exact) mass is 270 g/mol. The van der Waals surface area contributed by atoms with E-state index in [2.05, 4.69) is 20.8 Å². The van der Waals surface area contributed by atoms with Gasteiger partial charge in [-0.1, -0.05) is 40.0 Å². The first-order valence-corrected chi connectivity index (χ1v) is 7.81. The summed E-state index contributed by atoms with van der Waals surface area (Å²) in [6.07, 6.45) is 6.74. The molecule has 0 aliphatic heterocycles. The molecule has 1 rings (SSSR count). The molecule has 2 unspecified atom stereocenters. The maximum Gasteiger partial charge on any atom is 0.309 e. The molecule has 19 heavy (non-hydrogen) atoms. The van der Waals surface area contributed by atoms with E-state index in [4.69, 9.17) is 4.74 Å². The average Bonchev–Trinajstić information content (AvgIpc) is 2.38. The van der Waals surface area contributed by atoms with Crippen molar-refractivity contribution >= 4 is 5.97 Å². The van der Waals surface area contributed by atoms with Crippen molar-refractivity contribution in [2.45, 2.75) is 65.7 Å². The summed E-state index contributed by atoms with van der Waals surface area (Å²) in [6, 6.07) is 0. The molecule has 3 nitrogen and oxygen atoms in total. The summed E-state index contributed by atoms with van der Waals surface area (Å²) in [6.45, 7) is 7.87. The quantitative estimate of drug-likeness (QED) is 0.675. The fourth-order valence-electron chi connectivity index (χ4n) is 3.05. The number of aliphatic carboxylic acids is 1. The highest BCUT2D eigenvalue weighted by molar-refractivity contribution is 5.74. The Bertz CT molecular complexity index is 275. The molecule has 1 fully saturated rings. The summed E-state index contributed by atoms with van der Waals surface area (Å²) < 4.78 is 5.63. The lowest BCUT2D eigenvalue weighted by atomic mass is 9.67. The Morgan fingerprint density at radius 3 is 2.74 bits per heavy atom. The first-order valence-electron chi connectivity index (χ1n) is 7.81. The molecule has 112 valence electrons. The van der Waals surface area contributed by atoms with Gasteiger partial charge in [0.05, 0.1) is 5.41 Å². The van der Waals surface area contributed by atoms with Crippen LogP contribution in [0.4, 0.5) is 0 Å². The molecule has 0 radical (unpaired) electrons. The highest BCUT2D eigenvalue weighted by Crippen LogP contribution is 2.43. The number of carboxylic acids is 1. The van der Waals surface area contributed by atoms with Gasteiger partial charge in [-0.05, 0) is 37.5 Å². The molecule has 0 aromatic carbocycles. The maximum absolute atomic E-state index is 11.7. The zero-order valence-corrected chi connectivity index (χ0v) is 12.8. The van der Waals surface area contributed by atoms with Crippen LogP contribution in [0.1, 0.15) is 65.7 Å². The second-order valence-electron chi connectivity index (χ2n) is 6.50. The number of hydrogen-bond acceptors (Lipinski definition) is 2. The molecule has 0 spiro atoms. The number of carbonyl (C=O) groups is 1. The van der Waals surface area contributed by atoms with Crippen LogP contribution in [0, 0.1) is 17.3 Å². The third kappa shape index (κ3) is 5.13. The second kappa shape index (κ2) is 7.88. The standard InChI is InChI=1S/C16H30O3/c1-4-14-6-5-8-16(12-14,15(17)18)9-11-19-10-7-13(2)3/h13-14H,4-12H2,1-3H3,(H,17,18). The molecular weight excluding hydrogens is 240 g/mol. The smallest absolute Gasteiger partial charge is 0.309 e. The van der Waals surface area contributed by atoms with Crippen molar-refractivity contribution in [3.8, 4) is 0 Å². The van der Waals surface area contributed by atoms with Gasteiger partial charge in [-0.25, -0.2) is 0 Å². The van der Waals surface area contributed by atoms with Crippen LogP contribution in [0.5, 0.6) is 0 Å². The van der Waals surface area contributed by atoms with E-state index >= 15 is 0 Å². The van der Waals surface area contributed by atoms with E-state index in [1.54, 1.807) is 0 Å². The van der Waals surface area contributed by atoms with Gasteiger partial charge in [0.2, 0.25) is 0 Å². The first kappa shape index (κ1) is 16.5. The second-order valence-corrected chi connectivity index (χ2v) is 6.50. The van der Waals surface area contributed by atoms with Gasteiger partial charge in [0.25, 0.3) is 0 Å². The van der Waals surface area contributed by atoms with Crippen LogP contribution >= 0.6 is 0 Å². The molecule has 1 saturated carbocycles. The van der Waals surface area contributed by atoms with E-state index in [-0.39, 0.29) is 0 Å². The predicted molar refractivity (Wildman–Crippen MR) is 77.2 cm³/mol. The topological polar surface area (TPSA) is 46.5 Å². The molecule has 0 saturated heterocycles. The van der Waals surface area contributed by atoms with Crippen LogP contribution in [0.2, 0.25) is 0 Å². The number of carboxylic acid groups (broad SMARTS) is 1. The van der Waals surface area contributed by atoms with Gasteiger partial charge in [0, 0.05) is 13.2 Å². The van der Waals surface area contributed by atoms with E-state index in [9.17, 15) is 9.90 Å². The van der Waals surface area contributed by atoms with Crippen LogP contribution in [0.25, 0.3) is 0 Å². The van der Waals surface area contributed by atoms with Crippen LogP contribution in [-0.4, -0.2) is 24.3 Å². The average molecular weight is 270 g/mol. The minimum atomic E-state index is -0.613. The molecular formula is C16H30O3. The molecule has 1 aliphatic carbocycles. The van der Waals surface area contributed by atoms with E-state index < -0.39 is 11.4 Å². The molecule has 0 amide bonds.